The number of nitrogens with zero attached hydrogens (tertiary/aromatic N) is 3. The Morgan fingerprint density at radius 3 is 2.94 bits per heavy atom. The molecule has 1 saturated carbocycles. The maximum atomic E-state index is 11.3. The van der Waals surface area contributed by atoms with Gasteiger partial charge in [0.15, 0.2) is 0 Å². The van der Waals surface area contributed by atoms with Crippen LogP contribution >= 0.6 is 22.6 Å². The maximum Gasteiger partial charge on any atom is 0.306 e. The molecule has 0 unspecified atom stereocenters. The second kappa shape index (κ2) is 4.64. The molecule has 90 valence electrons. The molecule has 0 atom stereocenters. The van der Waals surface area contributed by atoms with Crippen LogP contribution in [-0.2, 0) is 16.1 Å². The van der Waals surface area contributed by atoms with E-state index < -0.39 is 0 Å². The topological polar surface area (TPSA) is 67.9 Å². The molecule has 1 aromatic rings. The molecule has 0 bridgehead atoms. The van der Waals surface area contributed by atoms with E-state index in [-0.39, 0.29) is 11.4 Å². The lowest BCUT2D eigenvalue weighted by atomic mass is 10.0. The van der Waals surface area contributed by atoms with Crippen molar-refractivity contribution in [3.8, 4) is 6.07 Å². The van der Waals surface area contributed by atoms with Crippen molar-refractivity contribution in [2.45, 2.75) is 25.8 Å². The van der Waals surface area contributed by atoms with Crippen molar-refractivity contribution in [1.82, 2.24) is 9.78 Å². The van der Waals surface area contributed by atoms with Crippen molar-refractivity contribution in [3.63, 3.8) is 0 Å². The number of esters is 1. The SMILES string of the molecule is COC(=O)CC1(Cn2cc(C#N)c(I)n2)CC1. The molecule has 0 N–H and O–H groups in total. The lowest BCUT2D eigenvalue weighted by molar-refractivity contribution is -0.142. The summed E-state index contributed by atoms with van der Waals surface area (Å²) in [6.07, 6.45) is 4.20. The van der Waals surface area contributed by atoms with Crippen LogP contribution in [0.25, 0.3) is 0 Å². The van der Waals surface area contributed by atoms with Gasteiger partial charge in [0.05, 0.1) is 13.5 Å². The highest BCUT2D eigenvalue weighted by Crippen LogP contribution is 2.50. The first-order valence-electron chi connectivity index (χ1n) is 5.28. The molecule has 1 aromatic heterocycles. The number of aromatic nitrogens is 2. The third kappa shape index (κ3) is 2.77. The number of nitriles is 1. The molecular weight excluding hydrogens is 333 g/mol. The van der Waals surface area contributed by atoms with E-state index in [1.54, 1.807) is 10.9 Å². The van der Waals surface area contributed by atoms with E-state index in [9.17, 15) is 4.79 Å². The highest BCUT2D eigenvalue weighted by molar-refractivity contribution is 14.1. The molecule has 2 rings (SSSR count). The number of carbonyl (C=O) groups excluding carboxylic acids is 1. The molecule has 1 fully saturated rings. The van der Waals surface area contributed by atoms with E-state index in [1.807, 2.05) is 22.6 Å². The summed E-state index contributed by atoms with van der Waals surface area (Å²) < 4.78 is 7.16. The number of carbonyl (C=O) groups is 1. The van der Waals surface area contributed by atoms with Crippen LogP contribution in [0, 0.1) is 20.4 Å². The first kappa shape index (κ1) is 12.4. The van der Waals surface area contributed by atoms with Crippen LogP contribution in [0.3, 0.4) is 0 Å². The smallest absolute Gasteiger partial charge is 0.306 e. The summed E-state index contributed by atoms with van der Waals surface area (Å²) in [6, 6.07) is 2.09. The highest BCUT2D eigenvalue weighted by Gasteiger charge is 2.45. The standard InChI is InChI=1S/C11H12IN3O2/c1-17-9(16)4-11(2-3-11)7-15-6-8(5-13)10(12)14-15/h6H,2-4,7H2,1H3. The number of ether oxygens (including phenoxy) is 1. The monoisotopic (exact) mass is 345 g/mol. The van der Waals surface area contributed by atoms with Crippen molar-refractivity contribution in [1.29, 1.82) is 5.26 Å². The number of hydrogen-bond donors (Lipinski definition) is 0. The average molecular weight is 345 g/mol. The van der Waals surface area contributed by atoms with Crippen LogP contribution in [0.2, 0.25) is 0 Å². The van der Waals surface area contributed by atoms with Crippen molar-refractivity contribution in [3.05, 3.63) is 15.5 Å². The van der Waals surface area contributed by atoms with E-state index in [2.05, 4.69) is 11.2 Å². The predicted molar refractivity (Wildman–Crippen MR) is 68.0 cm³/mol. The van der Waals surface area contributed by atoms with Crippen molar-refractivity contribution >= 4 is 28.6 Å². The lowest BCUT2D eigenvalue weighted by Gasteiger charge is -2.13. The van der Waals surface area contributed by atoms with Gasteiger partial charge in [-0.05, 0) is 35.4 Å². The summed E-state index contributed by atoms with van der Waals surface area (Å²) in [6.45, 7) is 0.680. The van der Waals surface area contributed by atoms with Crippen molar-refractivity contribution < 1.29 is 9.53 Å². The molecule has 0 aliphatic heterocycles. The van der Waals surface area contributed by atoms with Gasteiger partial charge in [0.2, 0.25) is 0 Å². The summed E-state index contributed by atoms with van der Waals surface area (Å²) in [5.41, 5.74) is 0.578. The van der Waals surface area contributed by atoms with Gasteiger partial charge in [0.1, 0.15) is 15.3 Å². The first-order valence-corrected chi connectivity index (χ1v) is 6.36. The maximum absolute atomic E-state index is 11.3. The Balaban J connectivity index is 2.05. The van der Waals surface area contributed by atoms with Gasteiger partial charge in [-0.15, -0.1) is 0 Å². The van der Waals surface area contributed by atoms with Gasteiger partial charge in [-0.25, -0.2) is 0 Å². The predicted octanol–water partition coefficient (Wildman–Crippen LogP) is 1.70. The van der Waals surface area contributed by atoms with Gasteiger partial charge in [-0.3, -0.25) is 9.48 Å². The van der Waals surface area contributed by atoms with Gasteiger partial charge < -0.3 is 4.74 Å². The normalized spacial score (nSPS) is 16.3. The molecule has 6 heteroatoms. The average Bonchev–Trinajstić information content (AvgIpc) is 2.94. The highest BCUT2D eigenvalue weighted by atomic mass is 127. The Kier molecular flexibility index (Phi) is 3.38. The molecule has 0 saturated heterocycles. The summed E-state index contributed by atoms with van der Waals surface area (Å²) in [7, 11) is 1.41. The van der Waals surface area contributed by atoms with Gasteiger partial charge in [0, 0.05) is 18.2 Å². The Morgan fingerprint density at radius 1 is 1.76 bits per heavy atom. The number of halogens is 1. The fourth-order valence-electron chi connectivity index (χ4n) is 1.84. The van der Waals surface area contributed by atoms with Crippen LogP contribution in [-0.4, -0.2) is 22.9 Å². The minimum absolute atomic E-state index is 0.00504. The zero-order chi connectivity index (χ0) is 12.5. The fraction of sp³-hybridized carbons (Fsp3) is 0.545. The molecule has 1 aliphatic rings. The van der Waals surface area contributed by atoms with E-state index in [4.69, 9.17) is 10.00 Å². The summed E-state index contributed by atoms with van der Waals surface area (Å²) in [4.78, 5) is 11.3. The summed E-state index contributed by atoms with van der Waals surface area (Å²) in [5.74, 6) is -0.176. The van der Waals surface area contributed by atoms with E-state index in [0.29, 0.717) is 22.2 Å². The largest absolute Gasteiger partial charge is 0.469 e. The van der Waals surface area contributed by atoms with Gasteiger partial charge in [0.25, 0.3) is 0 Å². The van der Waals surface area contributed by atoms with Crippen molar-refractivity contribution in [2.75, 3.05) is 7.11 Å². The molecule has 1 aliphatic carbocycles. The first-order chi connectivity index (χ1) is 8.08. The molecule has 1 heterocycles. The molecule has 0 aromatic carbocycles. The zero-order valence-corrected chi connectivity index (χ0v) is 11.6. The Hall–Kier alpha value is -1.10. The van der Waals surface area contributed by atoms with Crippen LogP contribution < -0.4 is 0 Å². The molecular formula is C11H12IN3O2. The third-order valence-electron chi connectivity index (χ3n) is 3.04. The summed E-state index contributed by atoms with van der Waals surface area (Å²) in [5, 5.41) is 13.1. The minimum Gasteiger partial charge on any atom is -0.469 e. The fourth-order valence-corrected chi connectivity index (χ4v) is 2.38. The molecule has 17 heavy (non-hydrogen) atoms. The van der Waals surface area contributed by atoms with Crippen LogP contribution in [0.5, 0.6) is 0 Å². The second-order valence-electron chi connectivity index (χ2n) is 4.40. The van der Waals surface area contributed by atoms with Crippen LogP contribution in [0.4, 0.5) is 0 Å². The molecule has 0 amide bonds. The van der Waals surface area contributed by atoms with Gasteiger partial charge in [-0.1, -0.05) is 0 Å². The zero-order valence-electron chi connectivity index (χ0n) is 9.44. The van der Waals surface area contributed by atoms with E-state index in [1.165, 1.54) is 7.11 Å². The van der Waals surface area contributed by atoms with Crippen LogP contribution in [0.15, 0.2) is 6.20 Å². The van der Waals surface area contributed by atoms with E-state index >= 15 is 0 Å². The Morgan fingerprint density at radius 2 is 2.47 bits per heavy atom. The molecule has 5 nitrogen and oxygen atoms in total. The van der Waals surface area contributed by atoms with E-state index in [0.717, 1.165) is 12.8 Å². The number of methoxy groups -OCH3 is 1. The second-order valence-corrected chi connectivity index (χ2v) is 5.42. The lowest BCUT2D eigenvalue weighted by Crippen LogP contribution is -2.17. The number of hydrogen-bond acceptors (Lipinski definition) is 4. The molecule has 0 spiro atoms. The van der Waals surface area contributed by atoms with Gasteiger partial charge >= 0.3 is 5.97 Å². The van der Waals surface area contributed by atoms with Crippen molar-refractivity contribution in [2.24, 2.45) is 5.41 Å². The minimum atomic E-state index is -0.176. The quantitative estimate of drug-likeness (QED) is 0.615. The summed E-state index contributed by atoms with van der Waals surface area (Å²) >= 11 is 2.04. The Labute approximate surface area is 113 Å². The van der Waals surface area contributed by atoms with Crippen LogP contribution in [0.1, 0.15) is 24.8 Å². The number of rotatable bonds is 4. The Bertz CT molecular complexity index is 485. The third-order valence-corrected chi connectivity index (χ3v) is 3.84. The van der Waals surface area contributed by atoms with Gasteiger partial charge in [-0.2, -0.15) is 10.4 Å². The molecule has 0 radical (unpaired) electrons.